The molecule has 1 aliphatic carbocycles. The van der Waals surface area contributed by atoms with Gasteiger partial charge in [-0.05, 0) is 43.5 Å². The first-order chi connectivity index (χ1) is 10.1. The number of carbonyl (C=O) groups is 1. The minimum Gasteiger partial charge on any atom is -0.394 e. The summed E-state index contributed by atoms with van der Waals surface area (Å²) in [6, 6.07) is 7.67. The van der Waals surface area contributed by atoms with Crippen molar-refractivity contribution in [1.29, 1.82) is 0 Å². The fraction of sp³-hybridized carbons (Fsp3) is 0.588. The van der Waals surface area contributed by atoms with Crippen molar-refractivity contribution in [3.8, 4) is 0 Å². The lowest BCUT2D eigenvalue weighted by Crippen LogP contribution is -2.49. The van der Waals surface area contributed by atoms with Crippen molar-refractivity contribution >= 4 is 11.6 Å². The molecular formula is C17H26N2O2. The van der Waals surface area contributed by atoms with Gasteiger partial charge in [0.1, 0.15) is 0 Å². The summed E-state index contributed by atoms with van der Waals surface area (Å²) in [5.41, 5.74) is 1.36. The fourth-order valence-corrected chi connectivity index (χ4v) is 3.02. The number of nitrogens with one attached hydrogen (secondary N) is 1. The Kier molecular flexibility index (Phi) is 5.23. The first-order valence-electron chi connectivity index (χ1n) is 7.85. The van der Waals surface area contributed by atoms with Gasteiger partial charge < -0.3 is 15.3 Å². The van der Waals surface area contributed by atoms with E-state index in [4.69, 9.17) is 0 Å². The van der Waals surface area contributed by atoms with Gasteiger partial charge in [0.15, 0.2) is 0 Å². The first-order valence-corrected chi connectivity index (χ1v) is 7.85. The van der Waals surface area contributed by atoms with Gasteiger partial charge in [-0.25, -0.2) is 0 Å². The molecule has 4 heteroatoms. The Morgan fingerprint density at radius 3 is 2.43 bits per heavy atom. The van der Waals surface area contributed by atoms with E-state index in [2.05, 4.69) is 24.2 Å². The van der Waals surface area contributed by atoms with Crippen molar-refractivity contribution in [3.05, 3.63) is 29.8 Å². The highest BCUT2D eigenvalue weighted by molar-refractivity contribution is 5.95. The van der Waals surface area contributed by atoms with Gasteiger partial charge in [0.2, 0.25) is 0 Å². The van der Waals surface area contributed by atoms with Crippen LogP contribution < -0.4 is 10.2 Å². The zero-order valence-electron chi connectivity index (χ0n) is 13.1. The summed E-state index contributed by atoms with van der Waals surface area (Å²) in [6.07, 6.45) is 4.97. The summed E-state index contributed by atoms with van der Waals surface area (Å²) >= 11 is 0. The zero-order chi connectivity index (χ0) is 15.3. The van der Waals surface area contributed by atoms with Crippen LogP contribution in [0.15, 0.2) is 24.3 Å². The van der Waals surface area contributed by atoms with Crippen molar-refractivity contribution in [3.63, 3.8) is 0 Å². The van der Waals surface area contributed by atoms with Crippen LogP contribution in [0.4, 0.5) is 5.69 Å². The molecule has 0 aromatic heterocycles. The number of anilines is 1. The summed E-state index contributed by atoms with van der Waals surface area (Å²) in [5.74, 6) is -0.0874. The molecule has 0 heterocycles. The normalized spacial score (nSPS) is 16.7. The van der Waals surface area contributed by atoms with Gasteiger partial charge in [-0.1, -0.05) is 19.8 Å². The van der Waals surface area contributed by atoms with Gasteiger partial charge in [0, 0.05) is 24.8 Å². The molecule has 0 atom stereocenters. The fourth-order valence-electron chi connectivity index (χ4n) is 3.02. The third kappa shape index (κ3) is 3.76. The minimum absolute atomic E-state index is 0.0239. The topological polar surface area (TPSA) is 52.6 Å². The molecule has 0 bridgehead atoms. The van der Waals surface area contributed by atoms with Gasteiger partial charge in [0.25, 0.3) is 5.91 Å². The molecule has 0 unspecified atom stereocenters. The van der Waals surface area contributed by atoms with Crippen LogP contribution in [-0.2, 0) is 0 Å². The maximum atomic E-state index is 12.3. The van der Waals surface area contributed by atoms with E-state index in [1.54, 1.807) is 0 Å². The van der Waals surface area contributed by atoms with E-state index in [0.29, 0.717) is 5.56 Å². The highest BCUT2D eigenvalue weighted by Gasteiger charge is 2.34. The number of hydrogen-bond donors (Lipinski definition) is 2. The summed E-state index contributed by atoms with van der Waals surface area (Å²) in [4.78, 5) is 14.5. The average molecular weight is 290 g/mol. The van der Waals surface area contributed by atoms with Crippen LogP contribution in [0.5, 0.6) is 0 Å². The van der Waals surface area contributed by atoms with Gasteiger partial charge in [-0.15, -0.1) is 0 Å². The molecule has 0 aliphatic heterocycles. The van der Waals surface area contributed by atoms with Crippen molar-refractivity contribution in [1.82, 2.24) is 5.32 Å². The molecule has 116 valence electrons. The Labute approximate surface area is 127 Å². The highest BCUT2D eigenvalue weighted by atomic mass is 16.3. The average Bonchev–Trinajstić information content (AvgIpc) is 2.96. The van der Waals surface area contributed by atoms with Gasteiger partial charge in [-0.2, -0.15) is 0 Å². The molecule has 0 saturated heterocycles. The number of aliphatic hydroxyl groups excluding tert-OH is 1. The second-order valence-corrected chi connectivity index (χ2v) is 6.07. The monoisotopic (exact) mass is 290 g/mol. The molecule has 1 aromatic rings. The van der Waals surface area contributed by atoms with Crippen LogP contribution in [-0.4, -0.2) is 36.8 Å². The second-order valence-electron chi connectivity index (χ2n) is 6.07. The van der Waals surface area contributed by atoms with Gasteiger partial charge >= 0.3 is 0 Å². The molecule has 2 rings (SSSR count). The van der Waals surface area contributed by atoms with Crippen LogP contribution in [0.25, 0.3) is 0 Å². The lowest BCUT2D eigenvalue weighted by Gasteiger charge is -2.28. The smallest absolute Gasteiger partial charge is 0.251 e. The largest absolute Gasteiger partial charge is 0.394 e. The van der Waals surface area contributed by atoms with Crippen LogP contribution >= 0.6 is 0 Å². The predicted octanol–water partition coefficient (Wildman–Crippen LogP) is 2.57. The Balaban J connectivity index is 2.02. The molecule has 1 aromatic carbocycles. The molecule has 0 radical (unpaired) electrons. The van der Waals surface area contributed by atoms with E-state index in [1.807, 2.05) is 24.3 Å². The minimum atomic E-state index is -0.408. The van der Waals surface area contributed by atoms with Crippen molar-refractivity contribution in [2.24, 2.45) is 0 Å². The standard InChI is InChI=1S/C17H26N2O2/c1-3-12-19(2)15-8-6-14(7-9-15)16(21)18-17(13-20)10-4-5-11-17/h6-9,20H,3-5,10-13H2,1-2H3,(H,18,21). The summed E-state index contributed by atoms with van der Waals surface area (Å²) in [5, 5.41) is 12.6. The molecule has 1 amide bonds. The lowest BCUT2D eigenvalue weighted by atomic mass is 9.98. The SMILES string of the molecule is CCCN(C)c1ccc(C(=O)NC2(CO)CCCC2)cc1. The Morgan fingerprint density at radius 1 is 1.29 bits per heavy atom. The van der Waals surface area contributed by atoms with Crippen molar-refractivity contribution in [2.45, 2.75) is 44.6 Å². The molecule has 0 spiro atoms. The van der Waals surface area contributed by atoms with E-state index in [-0.39, 0.29) is 12.5 Å². The maximum absolute atomic E-state index is 12.3. The first kappa shape index (κ1) is 15.8. The number of amides is 1. The summed E-state index contributed by atoms with van der Waals surface area (Å²) in [6.45, 7) is 3.17. The number of benzene rings is 1. The number of aliphatic hydroxyl groups is 1. The van der Waals surface area contributed by atoms with Crippen LogP contribution in [0, 0.1) is 0 Å². The quantitative estimate of drug-likeness (QED) is 0.846. The van der Waals surface area contributed by atoms with Crippen LogP contribution in [0.1, 0.15) is 49.4 Å². The Bertz CT molecular complexity index is 464. The third-order valence-electron chi connectivity index (χ3n) is 4.37. The number of carbonyl (C=O) groups excluding carboxylic acids is 1. The van der Waals surface area contributed by atoms with E-state index in [0.717, 1.165) is 44.3 Å². The molecule has 1 fully saturated rings. The molecule has 1 saturated carbocycles. The molecule has 2 N–H and O–H groups in total. The summed E-state index contributed by atoms with van der Waals surface area (Å²) in [7, 11) is 2.05. The van der Waals surface area contributed by atoms with Gasteiger partial charge in [-0.3, -0.25) is 4.79 Å². The van der Waals surface area contributed by atoms with Crippen LogP contribution in [0.2, 0.25) is 0 Å². The number of hydrogen-bond acceptors (Lipinski definition) is 3. The van der Waals surface area contributed by atoms with Crippen molar-refractivity contribution in [2.75, 3.05) is 25.1 Å². The number of nitrogens with zero attached hydrogens (tertiary/aromatic N) is 1. The zero-order valence-corrected chi connectivity index (χ0v) is 13.1. The van der Waals surface area contributed by atoms with Gasteiger partial charge in [0.05, 0.1) is 12.1 Å². The number of rotatable bonds is 6. The molecule has 21 heavy (non-hydrogen) atoms. The molecule has 4 nitrogen and oxygen atoms in total. The maximum Gasteiger partial charge on any atom is 0.251 e. The lowest BCUT2D eigenvalue weighted by molar-refractivity contribution is 0.0838. The van der Waals surface area contributed by atoms with E-state index >= 15 is 0 Å². The van der Waals surface area contributed by atoms with E-state index < -0.39 is 5.54 Å². The van der Waals surface area contributed by atoms with Crippen molar-refractivity contribution < 1.29 is 9.90 Å². The van der Waals surface area contributed by atoms with E-state index in [9.17, 15) is 9.90 Å². The molecule has 1 aliphatic rings. The Morgan fingerprint density at radius 2 is 1.90 bits per heavy atom. The Hall–Kier alpha value is -1.55. The summed E-state index contributed by atoms with van der Waals surface area (Å²) < 4.78 is 0. The second kappa shape index (κ2) is 6.94. The molecular weight excluding hydrogens is 264 g/mol. The van der Waals surface area contributed by atoms with Crippen LogP contribution in [0.3, 0.4) is 0 Å². The van der Waals surface area contributed by atoms with E-state index in [1.165, 1.54) is 0 Å². The predicted molar refractivity (Wildman–Crippen MR) is 85.8 cm³/mol. The highest BCUT2D eigenvalue weighted by Crippen LogP contribution is 2.29. The third-order valence-corrected chi connectivity index (χ3v) is 4.37.